The number of aromatic nitrogens is 2. The molecule has 0 bridgehead atoms. The summed E-state index contributed by atoms with van der Waals surface area (Å²) in [6.07, 6.45) is 1.64. The summed E-state index contributed by atoms with van der Waals surface area (Å²) in [5, 5.41) is 9.94. The Bertz CT molecular complexity index is 580. The lowest BCUT2D eigenvalue weighted by Crippen LogP contribution is -2.42. The van der Waals surface area contributed by atoms with Gasteiger partial charge in [-0.2, -0.15) is 0 Å². The average Bonchev–Trinajstić information content (AvgIpc) is 2.73. The summed E-state index contributed by atoms with van der Waals surface area (Å²) in [5.74, 6) is 0.960. The molecular formula is C14H20N4O. The largest absolute Gasteiger partial charge is 0.399 e. The predicted molar refractivity (Wildman–Crippen MR) is 75.6 cm³/mol. The van der Waals surface area contributed by atoms with E-state index >= 15 is 0 Å². The molecule has 3 rings (SSSR count). The smallest absolute Gasteiger partial charge is 0.121 e. The van der Waals surface area contributed by atoms with Gasteiger partial charge in [0.25, 0.3) is 0 Å². The Morgan fingerprint density at radius 3 is 2.89 bits per heavy atom. The van der Waals surface area contributed by atoms with Crippen molar-refractivity contribution in [1.82, 2.24) is 14.9 Å². The van der Waals surface area contributed by atoms with Crippen LogP contribution in [0, 0.1) is 0 Å². The summed E-state index contributed by atoms with van der Waals surface area (Å²) in [6.45, 7) is 4.53. The van der Waals surface area contributed by atoms with Gasteiger partial charge in [-0.05, 0) is 38.0 Å². The van der Waals surface area contributed by atoms with Gasteiger partial charge in [-0.3, -0.25) is 4.90 Å². The third-order valence-electron chi connectivity index (χ3n) is 3.86. The van der Waals surface area contributed by atoms with Crippen LogP contribution in [-0.2, 0) is 6.54 Å². The summed E-state index contributed by atoms with van der Waals surface area (Å²) >= 11 is 0. The van der Waals surface area contributed by atoms with E-state index in [1.54, 1.807) is 0 Å². The number of nitrogens with two attached hydrogens (primary N) is 1. The van der Waals surface area contributed by atoms with Crippen LogP contribution in [0.5, 0.6) is 0 Å². The first-order valence-electron chi connectivity index (χ1n) is 6.71. The molecule has 0 atom stereocenters. The Morgan fingerprint density at radius 2 is 2.16 bits per heavy atom. The summed E-state index contributed by atoms with van der Waals surface area (Å²) in [4.78, 5) is 10.2. The van der Waals surface area contributed by atoms with Gasteiger partial charge in [0.15, 0.2) is 0 Å². The molecule has 0 amide bonds. The minimum Gasteiger partial charge on any atom is -0.399 e. The van der Waals surface area contributed by atoms with Crippen molar-refractivity contribution in [2.45, 2.75) is 31.9 Å². The Kier molecular flexibility index (Phi) is 2.95. The van der Waals surface area contributed by atoms with Crippen LogP contribution in [0.25, 0.3) is 11.0 Å². The number of hydrogen-bond donors (Lipinski definition) is 3. The standard InChI is InChI=1S/C14H20N4O/c1-14(19)4-6-18(7-5-14)9-13-16-11-3-2-10(15)8-12(11)17-13/h2-3,8,19H,4-7,9,15H2,1H3,(H,16,17). The molecule has 1 fully saturated rings. The van der Waals surface area contributed by atoms with Gasteiger partial charge in [-0.25, -0.2) is 4.98 Å². The third kappa shape index (κ3) is 2.72. The van der Waals surface area contributed by atoms with Gasteiger partial charge in [0.1, 0.15) is 5.82 Å². The quantitative estimate of drug-likeness (QED) is 0.715. The molecule has 102 valence electrons. The number of nitrogen functional groups attached to an aromatic ring is 1. The van der Waals surface area contributed by atoms with Gasteiger partial charge in [-0.15, -0.1) is 0 Å². The molecule has 0 unspecified atom stereocenters. The summed E-state index contributed by atoms with van der Waals surface area (Å²) in [5.41, 5.74) is 7.94. The monoisotopic (exact) mass is 260 g/mol. The molecule has 4 N–H and O–H groups in total. The Morgan fingerprint density at radius 1 is 1.42 bits per heavy atom. The number of benzene rings is 1. The number of anilines is 1. The average molecular weight is 260 g/mol. The molecule has 1 saturated heterocycles. The normalized spacial score (nSPS) is 19.9. The van der Waals surface area contributed by atoms with Crippen molar-refractivity contribution in [3.05, 3.63) is 24.0 Å². The van der Waals surface area contributed by atoms with Crippen LogP contribution >= 0.6 is 0 Å². The van der Waals surface area contributed by atoms with E-state index in [9.17, 15) is 5.11 Å². The van der Waals surface area contributed by atoms with Gasteiger partial charge < -0.3 is 15.8 Å². The molecule has 1 aromatic carbocycles. The lowest BCUT2D eigenvalue weighted by molar-refractivity contribution is -0.00780. The van der Waals surface area contributed by atoms with E-state index in [2.05, 4.69) is 14.9 Å². The highest BCUT2D eigenvalue weighted by Gasteiger charge is 2.27. The maximum atomic E-state index is 9.94. The lowest BCUT2D eigenvalue weighted by Gasteiger charge is -2.35. The number of likely N-dealkylation sites (tertiary alicyclic amines) is 1. The van der Waals surface area contributed by atoms with Crippen molar-refractivity contribution in [2.24, 2.45) is 0 Å². The van der Waals surface area contributed by atoms with Crippen LogP contribution in [0.3, 0.4) is 0 Å². The van der Waals surface area contributed by atoms with E-state index in [1.165, 1.54) is 0 Å². The lowest BCUT2D eigenvalue weighted by atomic mass is 9.94. The second-order valence-electron chi connectivity index (χ2n) is 5.73. The fourth-order valence-corrected chi connectivity index (χ4v) is 2.56. The van der Waals surface area contributed by atoms with Gasteiger partial charge in [-0.1, -0.05) is 0 Å². The fraction of sp³-hybridized carbons (Fsp3) is 0.500. The first-order valence-corrected chi connectivity index (χ1v) is 6.71. The number of aromatic amines is 1. The van der Waals surface area contributed by atoms with E-state index in [0.29, 0.717) is 0 Å². The maximum Gasteiger partial charge on any atom is 0.121 e. The highest BCUT2D eigenvalue weighted by molar-refractivity contribution is 5.78. The molecule has 0 spiro atoms. The number of nitrogens with one attached hydrogen (secondary N) is 1. The Balaban J connectivity index is 1.72. The van der Waals surface area contributed by atoms with Crippen LogP contribution in [0.15, 0.2) is 18.2 Å². The molecular weight excluding hydrogens is 240 g/mol. The predicted octanol–water partition coefficient (Wildman–Crippen LogP) is 1.49. The van der Waals surface area contributed by atoms with Crippen molar-refractivity contribution in [3.8, 4) is 0 Å². The summed E-state index contributed by atoms with van der Waals surface area (Å²) in [6, 6.07) is 5.71. The number of imidazole rings is 1. The van der Waals surface area contributed by atoms with Crippen molar-refractivity contribution in [1.29, 1.82) is 0 Å². The molecule has 0 saturated carbocycles. The molecule has 2 heterocycles. The Labute approximate surface area is 112 Å². The number of nitrogens with zero attached hydrogens (tertiary/aromatic N) is 2. The van der Waals surface area contributed by atoms with E-state index in [4.69, 9.17) is 5.73 Å². The Hall–Kier alpha value is -1.59. The zero-order valence-electron chi connectivity index (χ0n) is 11.2. The van der Waals surface area contributed by atoms with Crippen LogP contribution in [-0.4, -0.2) is 38.7 Å². The van der Waals surface area contributed by atoms with E-state index < -0.39 is 5.60 Å². The van der Waals surface area contributed by atoms with Gasteiger partial charge in [0.2, 0.25) is 0 Å². The van der Waals surface area contributed by atoms with Gasteiger partial charge >= 0.3 is 0 Å². The number of rotatable bonds is 2. The van der Waals surface area contributed by atoms with Crippen molar-refractivity contribution in [3.63, 3.8) is 0 Å². The van der Waals surface area contributed by atoms with E-state index in [-0.39, 0.29) is 0 Å². The first-order chi connectivity index (χ1) is 9.02. The van der Waals surface area contributed by atoms with Crippen LogP contribution < -0.4 is 5.73 Å². The topological polar surface area (TPSA) is 78.2 Å². The number of aliphatic hydroxyl groups is 1. The number of hydrogen-bond acceptors (Lipinski definition) is 4. The minimum absolute atomic E-state index is 0.501. The van der Waals surface area contributed by atoms with Crippen molar-refractivity contribution < 1.29 is 5.11 Å². The second kappa shape index (κ2) is 4.51. The number of piperidine rings is 1. The molecule has 2 aromatic rings. The third-order valence-corrected chi connectivity index (χ3v) is 3.86. The van der Waals surface area contributed by atoms with Crippen LogP contribution in [0.4, 0.5) is 5.69 Å². The van der Waals surface area contributed by atoms with Gasteiger partial charge in [0.05, 0.1) is 23.2 Å². The molecule has 1 aromatic heterocycles. The minimum atomic E-state index is -0.501. The van der Waals surface area contributed by atoms with E-state index in [1.807, 2.05) is 25.1 Å². The first kappa shape index (κ1) is 12.4. The number of fused-ring (bicyclic) bond motifs is 1. The molecule has 0 aliphatic carbocycles. The van der Waals surface area contributed by atoms with Gasteiger partial charge in [0, 0.05) is 18.8 Å². The molecule has 1 aliphatic rings. The van der Waals surface area contributed by atoms with E-state index in [0.717, 1.165) is 55.0 Å². The zero-order chi connectivity index (χ0) is 13.5. The summed E-state index contributed by atoms with van der Waals surface area (Å²) < 4.78 is 0. The van der Waals surface area contributed by atoms with Crippen LogP contribution in [0.1, 0.15) is 25.6 Å². The maximum absolute atomic E-state index is 9.94. The molecule has 19 heavy (non-hydrogen) atoms. The molecule has 1 aliphatic heterocycles. The number of H-pyrrole nitrogens is 1. The SMILES string of the molecule is CC1(O)CCN(Cc2nc3ccc(N)cc3[nH]2)CC1. The van der Waals surface area contributed by atoms with Crippen LogP contribution in [0.2, 0.25) is 0 Å². The van der Waals surface area contributed by atoms with Crippen molar-refractivity contribution in [2.75, 3.05) is 18.8 Å². The zero-order valence-corrected chi connectivity index (χ0v) is 11.2. The fourth-order valence-electron chi connectivity index (χ4n) is 2.56. The highest BCUT2D eigenvalue weighted by atomic mass is 16.3. The second-order valence-corrected chi connectivity index (χ2v) is 5.73. The molecule has 5 heteroatoms. The molecule has 0 radical (unpaired) electrons. The summed E-state index contributed by atoms with van der Waals surface area (Å²) in [7, 11) is 0. The highest BCUT2D eigenvalue weighted by Crippen LogP contribution is 2.22. The van der Waals surface area contributed by atoms with Crippen molar-refractivity contribution >= 4 is 16.7 Å². The molecule has 5 nitrogen and oxygen atoms in total.